The summed E-state index contributed by atoms with van der Waals surface area (Å²) in [5.41, 5.74) is 4.66. The summed E-state index contributed by atoms with van der Waals surface area (Å²) in [5.74, 6) is 2.06. The Morgan fingerprint density at radius 2 is 1.44 bits per heavy atom. The number of hydrogen-bond donors (Lipinski definition) is 0. The molecular formula is C36H37ClFN3O2. The Hall–Kier alpha value is -4.13. The van der Waals surface area contributed by atoms with Gasteiger partial charge in [-0.05, 0) is 110 Å². The van der Waals surface area contributed by atoms with Gasteiger partial charge in [-0.15, -0.1) is 0 Å². The fourth-order valence-electron chi connectivity index (χ4n) is 4.94. The van der Waals surface area contributed by atoms with E-state index in [0.717, 1.165) is 82.9 Å². The van der Waals surface area contributed by atoms with Crippen molar-refractivity contribution < 1.29 is 13.9 Å². The van der Waals surface area contributed by atoms with Gasteiger partial charge in [0.25, 0.3) is 0 Å². The van der Waals surface area contributed by atoms with Gasteiger partial charge in [-0.1, -0.05) is 37.6 Å². The van der Waals surface area contributed by atoms with Gasteiger partial charge >= 0.3 is 0 Å². The van der Waals surface area contributed by atoms with Gasteiger partial charge in [-0.2, -0.15) is 0 Å². The fraction of sp³-hybridized carbons (Fsp3) is 0.250. The molecule has 43 heavy (non-hydrogen) atoms. The first-order valence-corrected chi connectivity index (χ1v) is 15.2. The Balaban J connectivity index is 1.30. The van der Waals surface area contributed by atoms with Gasteiger partial charge in [0.15, 0.2) is 0 Å². The molecule has 0 saturated carbocycles. The Morgan fingerprint density at radius 3 is 2.12 bits per heavy atom. The normalized spacial score (nSPS) is 11.2. The van der Waals surface area contributed by atoms with Crippen LogP contribution in [0.4, 0.5) is 4.39 Å². The van der Waals surface area contributed by atoms with Gasteiger partial charge in [-0.25, -0.2) is 9.37 Å². The van der Waals surface area contributed by atoms with Crippen LogP contribution in [0.3, 0.4) is 0 Å². The van der Waals surface area contributed by atoms with Gasteiger partial charge in [0, 0.05) is 41.0 Å². The van der Waals surface area contributed by atoms with Crippen LogP contribution in [0.2, 0.25) is 5.02 Å². The van der Waals surface area contributed by atoms with Gasteiger partial charge in [0.05, 0.1) is 18.9 Å². The standard InChI is InChI=1S/C36H37ClFN3O2/c1-3-40(4-2)22-6-23-42-34-19-15-32(16-20-34)41-26-35(39-36(41)29-9-13-31(38)14-10-29)28-11-17-33(18-12-28)43-24-21-27-7-5-8-30(37)25-27/h5,7-20,25-26H,3-4,6,21-24H2,1-2H3. The average Bonchev–Trinajstić information content (AvgIpc) is 3.48. The zero-order valence-corrected chi connectivity index (χ0v) is 25.4. The summed E-state index contributed by atoms with van der Waals surface area (Å²) in [7, 11) is 0. The summed E-state index contributed by atoms with van der Waals surface area (Å²) in [6.45, 7) is 8.72. The Labute approximate surface area is 258 Å². The first-order valence-electron chi connectivity index (χ1n) is 14.8. The third-order valence-electron chi connectivity index (χ3n) is 7.40. The highest BCUT2D eigenvalue weighted by Crippen LogP contribution is 2.30. The predicted octanol–water partition coefficient (Wildman–Crippen LogP) is 8.73. The molecule has 0 atom stereocenters. The molecule has 1 aromatic heterocycles. The number of imidazole rings is 1. The van der Waals surface area contributed by atoms with Crippen molar-refractivity contribution in [1.82, 2.24) is 14.5 Å². The van der Waals surface area contributed by atoms with E-state index in [0.29, 0.717) is 13.2 Å². The van der Waals surface area contributed by atoms with E-state index in [4.69, 9.17) is 26.1 Å². The molecule has 1 heterocycles. The maximum absolute atomic E-state index is 13.7. The lowest BCUT2D eigenvalue weighted by atomic mass is 10.1. The van der Waals surface area contributed by atoms with E-state index < -0.39 is 0 Å². The quantitative estimate of drug-likeness (QED) is 0.120. The van der Waals surface area contributed by atoms with E-state index in [2.05, 4.69) is 18.7 Å². The molecule has 222 valence electrons. The molecule has 0 aliphatic rings. The van der Waals surface area contributed by atoms with Gasteiger partial charge in [0.1, 0.15) is 23.1 Å². The van der Waals surface area contributed by atoms with Crippen molar-refractivity contribution in [3.63, 3.8) is 0 Å². The smallest absolute Gasteiger partial charge is 0.145 e. The van der Waals surface area contributed by atoms with Crippen molar-refractivity contribution in [3.8, 4) is 39.8 Å². The van der Waals surface area contributed by atoms with Crippen LogP contribution in [-0.4, -0.2) is 47.3 Å². The summed E-state index contributed by atoms with van der Waals surface area (Å²) in [6, 6.07) is 30.2. The number of hydrogen-bond acceptors (Lipinski definition) is 4. The highest BCUT2D eigenvalue weighted by Gasteiger charge is 2.14. The second kappa shape index (κ2) is 14.9. The third kappa shape index (κ3) is 8.25. The first-order chi connectivity index (χ1) is 21.0. The monoisotopic (exact) mass is 597 g/mol. The minimum Gasteiger partial charge on any atom is -0.494 e. The van der Waals surface area contributed by atoms with E-state index in [1.165, 1.54) is 12.1 Å². The average molecular weight is 598 g/mol. The molecule has 0 amide bonds. The molecule has 4 aromatic carbocycles. The molecule has 0 unspecified atom stereocenters. The molecule has 0 radical (unpaired) electrons. The van der Waals surface area contributed by atoms with Crippen LogP contribution >= 0.6 is 11.6 Å². The minimum atomic E-state index is -0.282. The van der Waals surface area contributed by atoms with Crippen LogP contribution in [-0.2, 0) is 6.42 Å². The van der Waals surface area contributed by atoms with E-state index in [-0.39, 0.29) is 5.82 Å². The zero-order chi connectivity index (χ0) is 30.0. The lowest BCUT2D eigenvalue weighted by Crippen LogP contribution is -2.25. The molecule has 0 saturated heterocycles. The van der Waals surface area contributed by atoms with Crippen LogP contribution in [0.5, 0.6) is 11.5 Å². The van der Waals surface area contributed by atoms with E-state index in [1.807, 2.05) is 83.6 Å². The number of halogens is 2. The molecular weight excluding hydrogens is 561 g/mol. The number of aromatic nitrogens is 2. The maximum Gasteiger partial charge on any atom is 0.145 e. The van der Waals surface area contributed by atoms with Crippen LogP contribution in [0.1, 0.15) is 25.8 Å². The Morgan fingerprint density at radius 1 is 0.791 bits per heavy atom. The molecule has 5 aromatic rings. The molecule has 0 bridgehead atoms. The van der Waals surface area contributed by atoms with Gasteiger partial charge in [0.2, 0.25) is 0 Å². The van der Waals surface area contributed by atoms with Crippen molar-refractivity contribution >= 4 is 11.6 Å². The lowest BCUT2D eigenvalue weighted by Gasteiger charge is -2.17. The SMILES string of the molecule is CCN(CC)CCCOc1ccc(-n2cc(-c3ccc(OCCc4cccc(Cl)c4)cc3)nc2-c2ccc(F)cc2)cc1. The number of ether oxygens (including phenoxy) is 2. The maximum atomic E-state index is 13.7. The minimum absolute atomic E-state index is 0.282. The van der Waals surface area contributed by atoms with Gasteiger partial charge in [-0.3, -0.25) is 4.57 Å². The third-order valence-corrected chi connectivity index (χ3v) is 7.64. The molecule has 0 fully saturated rings. The van der Waals surface area contributed by atoms with Crippen LogP contribution in [0.25, 0.3) is 28.3 Å². The van der Waals surface area contributed by atoms with Crippen molar-refractivity contribution in [1.29, 1.82) is 0 Å². The van der Waals surface area contributed by atoms with Crippen molar-refractivity contribution in [2.24, 2.45) is 0 Å². The van der Waals surface area contributed by atoms with Crippen molar-refractivity contribution in [2.45, 2.75) is 26.7 Å². The van der Waals surface area contributed by atoms with E-state index >= 15 is 0 Å². The summed E-state index contributed by atoms with van der Waals surface area (Å²) in [5, 5.41) is 0.729. The first kappa shape index (κ1) is 30.3. The molecule has 0 spiro atoms. The highest BCUT2D eigenvalue weighted by molar-refractivity contribution is 6.30. The molecule has 5 nitrogen and oxygen atoms in total. The van der Waals surface area contributed by atoms with Crippen LogP contribution in [0, 0.1) is 5.82 Å². The van der Waals surface area contributed by atoms with E-state index in [9.17, 15) is 4.39 Å². The van der Waals surface area contributed by atoms with Gasteiger partial charge < -0.3 is 14.4 Å². The van der Waals surface area contributed by atoms with Crippen molar-refractivity contribution in [3.05, 3.63) is 120 Å². The second-order valence-electron chi connectivity index (χ2n) is 10.3. The van der Waals surface area contributed by atoms with Crippen LogP contribution in [0.15, 0.2) is 103 Å². The fourth-order valence-corrected chi connectivity index (χ4v) is 5.15. The zero-order valence-electron chi connectivity index (χ0n) is 24.7. The number of rotatable bonds is 14. The second-order valence-corrected chi connectivity index (χ2v) is 10.7. The number of nitrogens with zero attached hydrogens (tertiary/aromatic N) is 3. The summed E-state index contributed by atoms with van der Waals surface area (Å²) in [4.78, 5) is 7.36. The van der Waals surface area contributed by atoms with Crippen LogP contribution < -0.4 is 9.47 Å². The molecule has 0 aliphatic carbocycles. The number of benzene rings is 4. The topological polar surface area (TPSA) is 39.5 Å². The summed E-state index contributed by atoms with van der Waals surface area (Å²) in [6.07, 6.45) is 3.76. The largest absolute Gasteiger partial charge is 0.494 e. The van der Waals surface area contributed by atoms with E-state index in [1.54, 1.807) is 12.1 Å². The summed E-state index contributed by atoms with van der Waals surface area (Å²) < 4.78 is 27.7. The summed E-state index contributed by atoms with van der Waals surface area (Å²) >= 11 is 6.09. The van der Waals surface area contributed by atoms with Crippen molar-refractivity contribution in [2.75, 3.05) is 32.8 Å². The molecule has 7 heteroatoms. The molecule has 0 N–H and O–H groups in total. The lowest BCUT2D eigenvalue weighted by molar-refractivity contribution is 0.249. The molecule has 5 rings (SSSR count). The Kier molecular flexibility index (Phi) is 10.5. The Bertz CT molecular complexity index is 1580. The predicted molar refractivity (Wildman–Crippen MR) is 173 cm³/mol. The molecule has 0 aliphatic heterocycles. The highest BCUT2D eigenvalue weighted by atomic mass is 35.5.